The molecule has 0 N–H and O–H groups in total. The first-order chi connectivity index (χ1) is 11.4. The van der Waals surface area contributed by atoms with E-state index >= 15 is 0 Å². The minimum atomic E-state index is 0.383. The first-order valence-electron chi connectivity index (χ1n) is 8.38. The summed E-state index contributed by atoms with van der Waals surface area (Å²) in [4.78, 5) is 11.7. The van der Waals surface area contributed by atoms with E-state index in [1.165, 1.54) is 16.7 Å². The maximum absolute atomic E-state index is 6.04. The molecule has 2 aromatic rings. The SMILES string of the molecule is Cc1nc(C)c(C(C)C)c(N2CCOc3c(C)cc(Br)cc3C2)n1. The van der Waals surface area contributed by atoms with E-state index < -0.39 is 0 Å². The molecule has 0 spiro atoms. The zero-order chi connectivity index (χ0) is 17.4. The molecule has 1 aliphatic heterocycles. The summed E-state index contributed by atoms with van der Waals surface area (Å²) in [5.41, 5.74) is 4.67. The molecule has 2 heterocycles. The van der Waals surface area contributed by atoms with Crippen molar-refractivity contribution in [3.8, 4) is 5.75 Å². The number of anilines is 1. The van der Waals surface area contributed by atoms with Gasteiger partial charge in [-0.25, -0.2) is 9.97 Å². The van der Waals surface area contributed by atoms with Crippen LogP contribution in [0, 0.1) is 20.8 Å². The highest BCUT2D eigenvalue weighted by Crippen LogP contribution is 2.34. The zero-order valence-electron chi connectivity index (χ0n) is 15.0. The minimum Gasteiger partial charge on any atom is -0.491 e. The molecule has 0 atom stereocenters. The molecule has 0 unspecified atom stereocenters. The van der Waals surface area contributed by atoms with E-state index in [0.717, 1.165) is 40.6 Å². The number of hydrogen-bond donors (Lipinski definition) is 0. The van der Waals surface area contributed by atoms with Crippen LogP contribution in [0.2, 0.25) is 0 Å². The third kappa shape index (κ3) is 3.27. The van der Waals surface area contributed by atoms with Crippen molar-refractivity contribution in [1.29, 1.82) is 0 Å². The van der Waals surface area contributed by atoms with Crippen LogP contribution in [0.1, 0.15) is 48.0 Å². The summed E-state index contributed by atoms with van der Waals surface area (Å²) in [7, 11) is 0. The molecular formula is C19H24BrN3O. The number of rotatable bonds is 2. The van der Waals surface area contributed by atoms with E-state index in [9.17, 15) is 0 Å². The van der Waals surface area contributed by atoms with Gasteiger partial charge in [-0.15, -0.1) is 0 Å². The molecular weight excluding hydrogens is 366 g/mol. The van der Waals surface area contributed by atoms with Gasteiger partial charge < -0.3 is 9.64 Å². The summed E-state index contributed by atoms with van der Waals surface area (Å²) in [6, 6.07) is 4.25. The van der Waals surface area contributed by atoms with Crippen molar-refractivity contribution in [1.82, 2.24) is 9.97 Å². The lowest BCUT2D eigenvalue weighted by Gasteiger charge is -2.26. The lowest BCUT2D eigenvalue weighted by Crippen LogP contribution is -2.28. The Morgan fingerprint density at radius 1 is 1.17 bits per heavy atom. The van der Waals surface area contributed by atoms with Crippen LogP contribution in [0.5, 0.6) is 5.75 Å². The summed E-state index contributed by atoms with van der Waals surface area (Å²) in [6.07, 6.45) is 0. The number of fused-ring (bicyclic) bond motifs is 1. The Bertz CT molecular complexity index is 774. The van der Waals surface area contributed by atoms with Crippen LogP contribution in [0.3, 0.4) is 0 Å². The highest BCUT2D eigenvalue weighted by atomic mass is 79.9. The molecule has 4 nitrogen and oxygen atoms in total. The largest absolute Gasteiger partial charge is 0.491 e. The van der Waals surface area contributed by atoms with Crippen molar-refractivity contribution in [3.63, 3.8) is 0 Å². The van der Waals surface area contributed by atoms with Crippen LogP contribution in [-0.4, -0.2) is 23.1 Å². The smallest absolute Gasteiger partial charge is 0.136 e. The molecule has 0 fully saturated rings. The van der Waals surface area contributed by atoms with Gasteiger partial charge in [0.2, 0.25) is 0 Å². The highest BCUT2D eigenvalue weighted by molar-refractivity contribution is 9.10. The second-order valence-electron chi connectivity index (χ2n) is 6.73. The van der Waals surface area contributed by atoms with Gasteiger partial charge in [0.15, 0.2) is 0 Å². The Balaban J connectivity index is 2.07. The summed E-state index contributed by atoms with van der Waals surface area (Å²) in [5, 5.41) is 0. The molecule has 5 heteroatoms. The first kappa shape index (κ1) is 17.2. The monoisotopic (exact) mass is 389 g/mol. The van der Waals surface area contributed by atoms with Crippen LogP contribution >= 0.6 is 15.9 Å². The normalized spacial score (nSPS) is 14.4. The molecule has 0 radical (unpaired) electrons. The van der Waals surface area contributed by atoms with Gasteiger partial charge in [0.1, 0.15) is 24.0 Å². The quantitative estimate of drug-likeness (QED) is 0.746. The fourth-order valence-corrected chi connectivity index (χ4v) is 4.09. The van der Waals surface area contributed by atoms with E-state index in [2.05, 4.69) is 65.6 Å². The van der Waals surface area contributed by atoms with Crippen molar-refractivity contribution in [3.05, 3.63) is 44.8 Å². The number of aromatic nitrogens is 2. The summed E-state index contributed by atoms with van der Waals surface area (Å²) in [5.74, 6) is 3.26. The van der Waals surface area contributed by atoms with Crippen molar-refractivity contribution >= 4 is 21.7 Å². The molecule has 24 heavy (non-hydrogen) atoms. The molecule has 1 aliphatic rings. The fourth-order valence-electron chi connectivity index (χ4n) is 3.47. The van der Waals surface area contributed by atoms with Crippen LogP contribution in [0.25, 0.3) is 0 Å². The number of nitrogens with zero attached hydrogens (tertiary/aromatic N) is 3. The van der Waals surface area contributed by atoms with Crippen molar-refractivity contribution in [2.45, 2.75) is 47.1 Å². The van der Waals surface area contributed by atoms with Crippen LogP contribution in [0.15, 0.2) is 16.6 Å². The molecule has 0 aliphatic carbocycles. The Morgan fingerprint density at radius 3 is 2.62 bits per heavy atom. The number of halogens is 1. The average molecular weight is 390 g/mol. The summed E-state index contributed by atoms with van der Waals surface area (Å²) < 4.78 is 7.13. The molecule has 3 rings (SSSR count). The predicted molar refractivity (Wildman–Crippen MR) is 101 cm³/mol. The van der Waals surface area contributed by atoms with Gasteiger partial charge in [-0.2, -0.15) is 0 Å². The molecule has 0 bridgehead atoms. The summed E-state index contributed by atoms with van der Waals surface area (Å²) >= 11 is 3.60. The maximum atomic E-state index is 6.04. The summed E-state index contributed by atoms with van der Waals surface area (Å²) in [6.45, 7) is 12.8. The highest BCUT2D eigenvalue weighted by Gasteiger charge is 2.23. The lowest BCUT2D eigenvalue weighted by molar-refractivity contribution is 0.329. The Hall–Kier alpha value is -1.62. The predicted octanol–water partition coefficient (Wildman–Crippen LogP) is 4.69. The average Bonchev–Trinajstić information content (AvgIpc) is 2.68. The van der Waals surface area contributed by atoms with Gasteiger partial charge in [-0.1, -0.05) is 29.8 Å². The molecule has 1 aromatic heterocycles. The fraction of sp³-hybridized carbons (Fsp3) is 0.474. The van der Waals surface area contributed by atoms with Crippen molar-refractivity contribution < 1.29 is 4.74 Å². The lowest BCUT2D eigenvalue weighted by atomic mass is 10.0. The van der Waals surface area contributed by atoms with E-state index in [4.69, 9.17) is 9.72 Å². The third-order valence-electron chi connectivity index (χ3n) is 4.39. The van der Waals surface area contributed by atoms with Gasteiger partial charge in [0.05, 0.1) is 6.54 Å². The number of hydrogen-bond acceptors (Lipinski definition) is 4. The number of benzene rings is 1. The second kappa shape index (κ2) is 6.71. The van der Waals surface area contributed by atoms with E-state index in [1.807, 2.05) is 6.92 Å². The Labute approximate surface area is 152 Å². The van der Waals surface area contributed by atoms with E-state index in [-0.39, 0.29) is 0 Å². The zero-order valence-corrected chi connectivity index (χ0v) is 16.6. The van der Waals surface area contributed by atoms with Gasteiger partial charge in [-0.3, -0.25) is 0 Å². The molecule has 0 amide bonds. The molecule has 1 aromatic carbocycles. The van der Waals surface area contributed by atoms with Crippen LogP contribution in [0.4, 0.5) is 5.82 Å². The topological polar surface area (TPSA) is 38.2 Å². The first-order valence-corrected chi connectivity index (χ1v) is 9.18. The van der Waals surface area contributed by atoms with Crippen LogP contribution < -0.4 is 9.64 Å². The van der Waals surface area contributed by atoms with E-state index in [0.29, 0.717) is 12.5 Å². The van der Waals surface area contributed by atoms with Gasteiger partial charge in [0, 0.05) is 27.8 Å². The molecule has 0 saturated heterocycles. The Morgan fingerprint density at radius 2 is 1.92 bits per heavy atom. The standard InChI is InChI=1S/C19H24BrN3O/c1-11(2)17-13(4)21-14(5)22-19(17)23-6-7-24-18-12(3)8-16(20)9-15(18)10-23/h8-9,11H,6-7,10H2,1-5H3. The van der Waals surface area contributed by atoms with Gasteiger partial charge in [0.25, 0.3) is 0 Å². The van der Waals surface area contributed by atoms with Crippen LogP contribution in [-0.2, 0) is 6.54 Å². The van der Waals surface area contributed by atoms with Gasteiger partial charge in [-0.05, 0) is 44.4 Å². The van der Waals surface area contributed by atoms with E-state index in [1.54, 1.807) is 0 Å². The van der Waals surface area contributed by atoms with Gasteiger partial charge >= 0.3 is 0 Å². The molecule has 128 valence electrons. The Kier molecular flexibility index (Phi) is 4.81. The number of aryl methyl sites for hydroxylation is 3. The molecule has 0 saturated carbocycles. The van der Waals surface area contributed by atoms with Crippen molar-refractivity contribution in [2.24, 2.45) is 0 Å². The minimum absolute atomic E-state index is 0.383. The van der Waals surface area contributed by atoms with Crippen molar-refractivity contribution in [2.75, 3.05) is 18.1 Å². The maximum Gasteiger partial charge on any atom is 0.136 e. The third-order valence-corrected chi connectivity index (χ3v) is 4.85. The number of ether oxygens (including phenoxy) is 1. The second-order valence-corrected chi connectivity index (χ2v) is 7.64.